The molecule has 4 rings (SSSR count). The predicted octanol–water partition coefficient (Wildman–Crippen LogP) is 6.06. The molecule has 2 aromatic rings. The molecule has 28 heavy (non-hydrogen) atoms. The quantitative estimate of drug-likeness (QED) is 0.561. The lowest BCUT2D eigenvalue weighted by Gasteiger charge is -2.29. The Morgan fingerprint density at radius 1 is 1.04 bits per heavy atom. The van der Waals surface area contributed by atoms with Crippen molar-refractivity contribution in [2.45, 2.75) is 50.4 Å². The van der Waals surface area contributed by atoms with E-state index in [2.05, 4.69) is 6.58 Å². The van der Waals surface area contributed by atoms with Gasteiger partial charge in [-0.05, 0) is 48.8 Å². The van der Waals surface area contributed by atoms with Crippen molar-refractivity contribution in [1.29, 1.82) is 0 Å². The van der Waals surface area contributed by atoms with E-state index in [-0.39, 0.29) is 41.7 Å². The molecule has 0 N–H and O–H groups in total. The van der Waals surface area contributed by atoms with Crippen molar-refractivity contribution in [1.82, 2.24) is 0 Å². The number of epoxide rings is 1. The Morgan fingerprint density at radius 3 is 2.43 bits per heavy atom. The minimum atomic E-state index is -0.893. The topological polar surface area (TPSA) is 21.8 Å². The molecule has 2 fully saturated rings. The molecule has 2 nitrogen and oxygen atoms in total. The zero-order valence-corrected chi connectivity index (χ0v) is 15.6. The Hall–Kier alpha value is -2.11. The van der Waals surface area contributed by atoms with Gasteiger partial charge in [0.25, 0.3) is 0 Å². The first-order valence-electron chi connectivity index (χ1n) is 9.68. The summed E-state index contributed by atoms with van der Waals surface area (Å²) in [5.74, 6) is -1.78. The van der Waals surface area contributed by atoms with E-state index in [9.17, 15) is 13.2 Å². The first-order chi connectivity index (χ1) is 13.6. The fraction of sp³-hybridized carbons (Fsp3) is 0.391. The number of hydrogen-bond donors (Lipinski definition) is 0. The van der Waals surface area contributed by atoms with Crippen LogP contribution in [0, 0.1) is 17.5 Å². The lowest BCUT2D eigenvalue weighted by Crippen LogP contribution is -2.21. The molecule has 148 valence electrons. The predicted molar refractivity (Wildman–Crippen MR) is 101 cm³/mol. The van der Waals surface area contributed by atoms with Crippen LogP contribution in [0.3, 0.4) is 0 Å². The maximum Gasteiger partial charge on any atom is 0.166 e. The largest absolute Gasteiger partial charge is 0.373 e. The summed E-state index contributed by atoms with van der Waals surface area (Å²) in [6, 6.07) is 8.43. The van der Waals surface area contributed by atoms with E-state index >= 15 is 0 Å². The Bertz CT molecular complexity index is 868. The van der Waals surface area contributed by atoms with Gasteiger partial charge in [-0.25, -0.2) is 13.2 Å². The molecule has 0 radical (unpaired) electrons. The van der Waals surface area contributed by atoms with Gasteiger partial charge < -0.3 is 9.47 Å². The molecule has 1 aliphatic carbocycles. The van der Waals surface area contributed by atoms with Gasteiger partial charge in [-0.1, -0.05) is 36.9 Å². The van der Waals surface area contributed by atoms with E-state index in [4.69, 9.17) is 9.47 Å². The summed E-state index contributed by atoms with van der Waals surface area (Å²) in [5, 5.41) is 0. The number of benzene rings is 2. The standard InChI is InChI=1S/C23H23F3O2/c1-2-14-3-4-17(23(26)22(14)25)12-27-18-8-5-15(6-9-18)19-10-7-16(11-20(19)24)21-13-28-21/h2-4,7,10-11,15,18,21H,1,5-6,8-9,12-13H2. The van der Waals surface area contributed by atoms with Crippen molar-refractivity contribution in [2.24, 2.45) is 0 Å². The molecular weight excluding hydrogens is 365 g/mol. The molecule has 0 aromatic heterocycles. The van der Waals surface area contributed by atoms with Crippen LogP contribution in [0.5, 0.6) is 0 Å². The molecule has 1 saturated carbocycles. The van der Waals surface area contributed by atoms with Crippen LogP contribution in [0.15, 0.2) is 36.9 Å². The molecule has 2 aliphatic rings. The van der Waals surface area contributed by atoms with Crippen molar-refractivity contribution < 1.29 is 22.6 Å². The third-order valence-corrected chi connectivity index (χ3v) is 5.73. The number of ether oxygens (including phenoxy) is 2. The Balaban J connectivity index is 1.32. The van der Waals surface area contributed by atoms with Crippen molar-refractivity contribution in [2.75, 3.05) is 6.61 Å². The summed E-state index contributed by atoms with van der Waals surface area (Å²) in [6.07, 6.45) is 4.48. The minimum absolute atomic E-state index is 0.0277. The summed E-state index contributed by atoms with van der Waals surface area (Å²) >= 11 is 0. The average Bonchev–Trinajstić information content (AvgIpc) is 3.55. The molecule has 1 aliphatic heterocycles. The first kappa shape index (κ1) is 19.2. The van der Waals surface area contributed by atoms with Gasteiger partial charge in [0.15, 0.2) is 11.6 Å². The third-order valence-electron chi connectivity index (χ3n) is 5.73. The van der Waals surface area contributed by atoms with E-state index in [0.717, 1.165) is 36.8 Å². The highest BCUT2D eigenvalue weighted by Gasteiger charge is 2.28. The molecule has 0 bridgehead atoms. The van der Waals surface area contributed by atoms with Crippen molar-refractivity contribution in [3.05, 3.63) is 76.6 Å². The highest BCUT2D eigenvalue weighted by Crippen LogP contribution is 2.38. The zero-order chi connectivity index (χ0) is 19.7. The molecule has 5 heteroatoms. The van der Waals surface area contributed by atoms with E-state index < -0.39 is 11.6 Å². The van der Waals surface area contributed by atoms with Gasteiger partial charge in [0.2, 0.25) is 0 Å². The zero-order valence-electron chi connectivity index (χ0n) is 15.6. The summed E-state index contributed by atoms with van der Waals surface area (Å²) in [4.78, 5) is 0. The summed E-state index contributed by atoms with van der Waals surface area (Å²) in [5.41, 5.74) is 1.99. The molecule has 1 unspecified atom stereocenters. The van der Waals surface area contributed by atoms with Gasteiger partial charge in [-0.3, -0.25) is 0 Å². The summed E-state index contributed by atoms with van der Waals surface area (Å²) < 4.78 is 53.4. The lowest BCUT2D eigenvalue weighted by molar-refractivity contribution is 0.0117. The number of rotatable bonds is 6. The molecule has 1 heterocycles. The first-order valence-corrected chi connectivity index (χ1v) is 9.68. The molecule has 1 atom stereocenters. The molecule has 2 aromatic carbocycles. The highest BCUT2D eigenvalue weighted by atomic mass is 19.2. The van der Waals surface area contributed by atoms with E-state index in [1.165, 1.54) is 18.2 Å². The third kappa shape index (κ3) is 4.01. The van der Waals surface area contributed by atoms with Gasteiger partial charge in [-0.2, -0.15) is 0 Å². The second kappa shape index (κ2) is 8.10. The Morgan fingerprint density at radius 2 is 1.79 bits per heavy atom. The van der Waals surface area contributed by atoms with Crippen molar-refractivity contribution >= 4 is 6.08 Å². The van der Waals surface area contributed by atoms with Crippen molar-refractivity contribution in [3.8, 4) is 0 Å². The monoisotopic (exact) mass is 388 g/mol. The van der Waals surface area contributed by atoms with Crippen LogP contribution in [0.2, 0.25) is 0 Å². The normalized spacial score (nSPS) is 24.2. The maximum atomic E-state index is 14.5. The van der Waals surface area contributed by atoms with Crippen LogP contribution in [0.1, 0.15) is 60.0 Å². The van der Waals surface area contributed by atoms with Crippen LogP contribution in [-0.2, 0) is 16.1 Å². The van der Waals surface area contributed by atoms with Crippen LogP contribution in [0.25, 0.3) is 6.08 Å². The van der Waals surface area contributed by atoms with Crippen LogP contribution in [0.4, 0.5) is 13.2 Å². The van der Waals surface area contributed by atoms with Crippen LogP contribution < -0.4 is 0 Å². The van der Waals surface area contributed by atoms with Gasteiger partial charge >= 0.3 is 0 Å². The second-order valence-corrected chi connectivity index (χ2v) is 7.53. The summed E-state index contributed by atoms with van der Waals surface area (Å²) in [6.45, 7) is 4.16. The molecular formula is C23H23F3O2. The maximum absolute atomic E-state index is 14.5. The average molecular weight is 388 g/mol. The lowest BCUT2D eigenvalue weighted by atomic mass is 9.82. The number of halogens is 3. The van der Waals surface area contributed by atoms with Gasteiger partial charge in [0, 0.05) is 11.1 Å². The SMILES string of the molecule is C=Cc1ccc(COC2CCC(c3ccc(C4CO4)cc3F)CC2)c(F)c1F. The summed E-state index contributed by atoms with van der Waals surface area (Å²) in [7, 11) is 0. The molecule has 0 amide bonds. The second-order valence-electron chi connectivity index (χ2n) is 7.53. The van der Waals surface area contributed by atoms with E-state index in [1.807, 2.05) is 12.1 Å². The fourth-order valence-electron chi connectivity index (χ4n) is 3.94. The van der Waals surface area contributed by atoms with Gasteiger partial charge in [0.05, 0.1) is 19.3 Å². The fourth-order valence-corrected chi connectivity index (χ4v) is 3.94. The Kier molecular flexibility index (Phi) is 5.56. The van der Waals surface area contributed by atoms with E-state index in [0.29, 0.717) is 6.61 Å². The highest BCUT2D eigenvalue weighted by molar-refractivity contribution is 5.48. The Labute approximate surface area is 163 Å². The van der Waals surface area contributed by atoms with Gasteiger partial charge in [0.1, 0.15) is 11.9 Å². The van der Waals surface area contributed by atoms with Crippen LogP contribution in [-0.4, -0.2) is 12.7 Å². The van der Waals surface area contributed by atoms with Gasteiger partial charge in [-0.15, -0.1) is 0 Å². The smallest absolute Gasteiger partial charge is 0.166 e. The molecule has 0 spiro atoms. The van der Waals surface area contributed by atoms with Crippen LogP contribution >= 0.6 is 0 Å². The molecule has 1 saturated heterocycles. The minimum Gasteiger partial charge on any atom is -0.373 e. The van der Waals surface area contributed by atoms with Crippen molar-refractivity contribution in [3.63, 3.8) is 0 Å². The number of hydrogen-bond acceptors (Lipinski definition) is 2. The van der Waals surface area contributed by atoms with E-state index in [1.54, 1.807) is 6.07 Å².